The molecule has 0 radical (unpaired) electrons. The van der Waals surface area contributed by atoms with Gasteiger partial charge in [0.25, 0.3) is 0 Å². The molecule has 156 valence electrons. The van der Waals surface area contributed by atoms with Crippen LogP contribution in [0.2, 0.25) is 0 Å². The molecule has 0 aliphatic carbocycles. The lowest BCUT2D eigenvalue weighted by molar-refractivity contribution is -0.142. The fourth-order valence-corrected chi connectivity index (χ4v) is 2.33. The van der Waals surface area contributed by atoms with E-state index in [-0.39, 0.29) is 30.5 Å². The number of nitrogens with zero attached hydrogens (tertiary/aromatic N) is 2. The third kappa shape index (κ3) is 10.5. The molecule has 0 aliphatic rings. The van der Waals surface area contributed by atoms with Crippen molar-refractivity contribution in [2.45, 2.75) is 12.6 Å². The molecule has 0 aliphatic heterocycles. The molecule has 1 rings (SSSR count). The van der Waals surface area contributed by atoms with Crippen molar-refractivity contribution in [1.29, 1.82) is 0 Å². The van der Waals surface area contributed by atoms with Crippen molar-refractivity contribution in [2.75, 3.05) is 54.5 Å². The Morgan fingerprint density at radius 2 is 1.74 bits per heavy atom. The SMILES string of the molecule is CN=C(NCCc1ccc(OC)c(OC)c1)NCCN(C)CC(F)(F)F.I. The summed E-state index contributed by atoms with van der Waals surface area (Å²) in [5.74, 6) is 1.88. The number of nitrogens with one attached hydrogen (secondary N) is 2. The summed E-state index contributed by atoms with van der Waals surface area (Å²) >= 11 is 0. The van der Waals surface area contributed by atoms with Gasteiger partial charge in [-0.3, -0.25) is 9.89 Å². The summed E-state index contributed by atoms with van der Waals surface area (Å²) in [4.78, 5) is 5.27. The second-order valence-electron chi connectivity index (χ2n) is 5.72. The zero-order valence-electron chi connectivity index (χ0n) is 16.0. The Labute approximate surface area is 175 Å². The third-order valence-electron chi connectivity index (χ3n) is 3.61. The molecule has 0 unspecified atom stereocenters. The molecule has 0 spiro atoms. The number of aliphatic imine (C=N–C) groups is 1. The van der Waals surface area contributed by atoms with Crippen LogP contribution in [0.4, 0.5) is 13.2 Å². The van der Waals surface area contributed by atoms with Gasteiger partial charge in [0.2, 0.25) is 0 Å². The van der Waals surface area contributed by atoms with Crippen LogP contribution in [0.3, 0.4) is 0 Å². The van der Waals surface area contributed by atoms with Gasteiger partial charge < -0.3 is 20.1 Å². The van der Waals surface area contributed by atoms with Crippen molar-refractivity contribution >= 4 is 29.9 Å². The first kappa shape index (κ1) is 25.6. The number of methoxy groups -OCH3 is 2. The highest BCUT2D eigenvalue weighted by molar-refractivity contribution is 14.0. The smallest absolute Gasteiger partial charge is 0.401 e. The summed E-state index contributed by atoms with van der Waals surface area (Å²) in [6, 6.07) is 5.70. The van der Waals surface area contributed by atoms with Crippen molar-refractivity contribution in [1.82, 2.24) is 15.5 Å². The van der Waals surface area contributed by atoms with Crippen LogP contribution in [0.5, 0.6) is 11.5 Å². The minimum atomic E-state index is -4.19. The number of halogens is 4. The van der Waals surface area contributed by atoms with E-state index in [0.717, 1.165) is 12.0 Å². The molecule has 27 heavy (non-hydrogen) atoms. The average Bonchev–Trinajstić information content (AvgIpc) is 2.58. The lowest BCUT2D eigenvalue weighted by atomic mass is 10.1. The van der Waals surface area contributed by atoms with Crippen LogP contribution >= 0.6 is 24.0 Å². The third-order valence-corrected chi connectivity index (χ3v) is 3.61. The number of ether oxygens (including phenoxy) is 2. The molecule has 1 aromatic rings. The van der Waals surface area contributed by atoms with E-state index in [1.807, 2.05) is 18.2 Å². The summed E-state index contributed by atoms with van der Waals surface area (Å²) < 4.78 is 47.3. The van der Waals surface area contributed by atoms with Gasteiger partial charge in [-0.15, -0.1) is 24.0 Å². The van der Waals surface area contributed by atoms with E-state index >= 15 is 0 Å². The van der Waals surface area contributed by atoms with Gasteiger partial charge in [0, 0.05) is 26.7 Å². The predicted molar refractivity (Wildman–Crippen MR) is 112 cm³/mol. The molecule has 0 fully saturated rings. The van der Waals surface area contributed by atoms with E-state index in [9.17, 15) is 13.2 Å². The lowest BCUT2D eigenvalue weighted by Gasteiger charge is -2.19. The first-order valence-corrected chi connectivity index (χ1v) is 8.19. The van der Waals surface area contributed by atoms with Gasteiger partial charge in [-0.05, 0) is 31.2 Å². The molecule has 10 heteroatoms. The summed E-state index contributed by atoms with van der Waals surface area (Å²) in [6.07, 6.45) is -3.46. The van der Waals surface area contributed by atoms with Crippen molar-refractivity contribution in [3.05, 3.63) is 23.8 Å². The molecule has 0 amide bonds. The minimum Gasteiger partial charge on any atom is -0.493 e. The zero-order valence-corrected chi connectivity index (χ0v) is 18.4. The fraction of sp³-hybridized carbons (Fsp3) is 0.588. The van der Waals surface area contributed by atoms with Gasteiger partial charge in [0.15, 0.2) is 17.5 Å². The number of rotatable bonds is 9. The zero-order chi connectivity index (χ0) is 19.6. The predicted octanol–water partition coefficient (Wildman–Crippen LogP) is 2.52. The van der Waals surface area contributed by atoms with Crippen molar-refractivity contribution in [3.63, 3.8) is 0 Å². The van der Waals surface area contributed by atoms with Crippen LogP contribution in [0, 0.1) is 0 Å². The Hall–Kier alpha value is -1.43. The van der Waals surface area contributed by atoms with Crippen molar-refractivity contribution in [2.24, 2.45) is 4.99 Å². The summed E-state index contributed by atoms with van der Waals surface area (Å²) in [5.41, 5.74) is 1.07. The van der Waals surface area contributed by atoms with Crippen LogP contribution in [0.15, 0.2) is 23.2 Å². The Kier molecular flexibility index (Phi) is 12.2. The standard InChI is InChI=1S/C17H27F3N4O2.HI/c1-21-16(23-9-10-24(2)12-17(18,19)20)22-8-7-13-5-6-14(25-3)15(11-13)26-4;/h5-6,11H,7-10,12H2,1-4H3,(H2,21,22,23);1H. The number of guanidine groups is 1. The number of hydrogen-bond acceptors (Lipinski definition) is 4. The monoisotopic (exact) mass is 504 g/mol. The van der Waals surface area contributed by atoms with Crippen molar-refractivity contribution in [3.8, 4) is 11.5 Å². The maximum absolute atomic E-state index is 12.3. The van der Waals surface area contributed by atoms with E-state index in [1.54, 1.807) is 21.3 Å². The highest BCUT2D eigenvalue weighted by atomic mass is 127. The van der Waals surface area contributed by atoms with Crippen LogP contribution in [-0.2, 0) is 6.42 Å². The quantitative estimate of drug-likeness (QED) is 0.308. The van der Waals surface area contributed by atoms with Crippen LogP contribution in [-0.4, -0.2) is 71.5 Å². The minimum absolute atomic E-state index is 0. The van der Waals surface area contributed by atoms with E-state index in [0.29, 0.717) is 30.5 Å². The first-order valence-electron chi connectivity index (χ1n) is 8.19. The van der Waals surface area contributed by atoms with Gasteiger partial charge in [0.05, 0.1) is 20.8 Å². The fourth-order valence-electron chi connectivity index (χ4n) is 2.33. The summed E-state index contributed by atoms with van der Waals surface area (Å²) in [6.45, 7) is 0.312. The van der Waals surface area contributed by atoms with Gasteiger partial charge in [0.1, 0.15) is 0 Å². The molecule has 0 bridgehead atoms. The first-order chi connectivity index (χ1) is 12.3. The molecule has 2 N–H and O–H groups in total. The number of likely N-dealkylation sites (N-methyl/N-ethyl adjacent to an activating group) is 1. The van der Waals surface area contributed by atoms with Crippen molar-refractivity contribution < 1.29 is 22.6 Å². The second-order valence-corrected chi connectivity index (χ2v) is 5.72. The topological polar surface area (TPSA) is 58.1 Å². The molecule has 0 atom stereocenters. The lowest BCUT2D eigenvalue weighted by Crippen LogP contribution is -2.42. The largest absolute Gasteiger partial charge is 0.493 e. The maximum atomic E-state index is 12.3. The van der Waals surface area contributed by atoms with Gasteiger partial charge in [-0.25, -0.2) is 0 Å². The van der Waals surface area contributed by atoms with Gasteiger partial charge in [-0.2, -0.15) is 13.2 Å². The Balaban J connectivity index is 0.00000676. The summed E-state index contributed by atoms with van der Waals surface area (Å²) in [7, 11) is 6.22. The van der Waals surface area contributed by atoms with Crippen LogP contribution in [0.25, 0.3) is 0 Å². The highest BCUT2D eigenvalue weighted by Crippen LogP contribution is 2.27. The van der Waals surface area contributed by atoms with E-state index in [4.69, 9.17) is 9.47 Å². The maximum Gasteiger partial charge on any atom is 0.401 e. The Bertz CT molecular complexity index is 586. The van der Waals surface area contributed by atoms with Crippen LogP contribution in [0.1, 0.15) is 5.56 Å². The van der Waals surface area contributed by atoms with Gasteiger partial charge >= 0.3 is 6.18 Å². The molecule has 0 aromatic heterocycles. The molecule has 6 nitrogen and oxygen atoms in total. The number of hydrogen-bond donors (Lipinski definition) is 2. The number of alkyl halides is 3. The molecule has 1 aromatic carbocycles. The molecular formula is C17H28F3IN4O2. The molecule has 0 heterocycles. The van der Waals surface area contributed by atoms with E-state index < -0.39 is 12.7 Å². The molecule has 0 saturated heterocycles. The normalized spacial score (nSPS) is 11.8. The summed E-state index contributed by atoms with van der Waals surface area (Å²) in [5, 5.41) is 6.13. The second kappa shape index (κ2) is 12.9. The Morgan fingerprint density at radius 1 is 1.11 bits per heavy atom. The Morgan fingerprint density at radius 3 is 2.30 bits per heavy atom. The van der Waals surface area contributed by atoms with Crippen LogP contribution < -0.4 is 20.1 Å². The van der Waals surface area contributed by atoms with E-state index in [2.05, 4.69) is 15.6 Å². The molecular weight excluding hydrogens is 476 g/mol. The van der Waals surface area contributed by atoms with Gasteiger partial charge in [-0.1, -0.05) is 6.07 Å². The average molecular weight is 504 g/mol. The highest BCUT2D eigenvalue weighted by Gasteiger charge is 2.28. The molecule has 0 saturated carbocycles. The number of benzene rings is 1. The van der Waals surface area contributed by atoms with E-state index in [1.165, 1.54) is 11.9 Å².